The highest BCUT2D eigenvalue weighted by Crippen LogP contribution is 2.42. The van der Waals surface area contributed by atoms with Crippen molar-refractivity contribution >= 4 is 26.4 Å². The van der Waals surface area contributed by atoms with E-state index in [1.165, 1.54) is 0 Å². The Bertz CT molecular complexity index is 206. The van der Waals surface area contributed by atoms with E-state index in [9.17, 15) is 9.36 Å². The van der Waals surface area contributed by atoms with Gasteiger partial charge in [0.05, 0.1) is 0 Å². The standard InChI is InChI=1S/C3H7O6PS/c1-3(11,2(4)5)9-10(6,7)8/h11H,1H3,(H,4,5)(H2,6,7,8)/t3-/m0/s1. The van der Waals surface area contributed by atoms with Crippen LogP contribution in [-0.2, 0) is 13.9 Å². The summed E-state index contributed by atoms with van der Waals surface area (Å²) >= 11 is 3.36. The second kappa shape index (κ2) is 3.12. The van der Waals surface area contributed by atoms with Crippen molar-refractivity contribution in [2.24, 2.45) is 0 Å². The van der Waals surface area contributed by atoms with Gasteiger partial charge in [0.15, 0.2) is 0 Å². The molecule has 0 rings (SSSR count). The quantitative estimate of drug-likeness (QED) is 0.287. The minimum atomic E-state index is -4.80. The molecule has 0 saturated heterocycles. The Hall–Kier alpha value is -0.0700. The molecule has 0 spiro atoms. The fraction of sp³-hybridized carbons (Fsp3) is 0.667. The van der Waals surface area contributed by atoms with Gasteiger partial charge in [0.25, 0.3) is 0 Å². The van der Waals surface area contributed by atoms with Gasteiger partial charge in [-0.1, -0.05) is 0 Å². The maximum atomic E-state index is 10.2. The molecule has 0 unspecified atom stereocenters. The van der Waals surface area contributed by atoms with Crippen LogP contribution in [0.25, 0.3) is 0 Å². The van der Waals surface area contributed by atoms with E-state index >= 15 is 0 Å². The van der Waals surface area contributed by atoms with Crippen LogP contribution in [0.5, 0.6) is 0 Å². The lowest BCUT2D eigenvalue weighted by atomic mass is 10.4. The number of carboxylic acid groups (broad SMARTS) is 1. The Morgan fingerprint density at radius 1 is 1.64 bits per heavy atom. The first kappa shape index (κ1) is 10.9. The molecule has 0 saturated carbocycles. The van der Waals surface area contributed by atoms with Gasteiger partial charge in [0.1, 0.15) is 0 Å². The highest BCUT2D eigenvalue weighted by atomic mass is 32.1. The van der Waals surface area contributed by atoms with Crippen LogP contribution in [0.3, 0.4) is 0 Å². The van der Waals surface area contributed by atoms with Gasteiger partial charge in [-0.2, -0.15) is 0 Å². The number of carbonyl (C=O) groups is 1. The SMILES string of the molecule is C[C@@](S)(OP(=O)(O)O)C(=O)O. The fourth-order valence-corrected chi connectivity index (χ4v) is 1.13. The molecule has 0 fully saturated rings. The molecule has 6 nitrogen and oxygen atoms in total. The lowest BCUT2D eigenvalue weighted by Crippen LogP contribution is -2.30. The van der Waals surface area contributed by atoms with Crippen LogP contribution >= 0.6 is 20.5 Å². The molecule has 0 amide bonds. The first-order valence-corrected chi connectivity index (χ1v) is 4.35. The molecular weight excluding hydrogens is 195 g/mol. The zero-order valence-corrected chi connectivity index (χ0v) is 7.25. The third-order valence-electron chi connectivity index (χ3n) is 0.693. The lowest BCUT2D eigenvalue weighted by Gasteiger charge is -2.18. The monoisotopic (exact) mass is 202 g/mol. The molecular formula is C3H7O6PS. The van der Waals surface area contributed by atoms with E-state index in [0.29, 0.717) is 0 Å². The Labute approximate surface area is 67.8 Å². The van der Waals surface area contributed by atoms with Crippen molar-refractivity contribution < 1.29 is 28.8 Å². The highest BCUT2D eigenvalue weighted by Gasteiger charge is 2.37. The van der Waals surface area contributed by atoms with Crippen molar-refractivity contribution in [3.8, 4) is 0 Å². The molecule has 66 valence electrons. The summed E-state index contributed by atoms with van der Waals surface area (Å²) in [6, 6.07) is 0. The van der Waals surface area contributed by atoms with Crippen molar-refractivity contribution in [1.82, 2.24) is 0 Å². The molecule has 3 N–H and O–H groups in total. The van der Waals surface area contributed by atoms with Crippen molar-refractivity contribution in [1.29, 1.82) is 0 Å². The van der Waals surface area contributed by atoms with Gasteiger partial charge in [-0.15, -0.1) is 12.6 Å². The van der Waals surface area contributed by atoms with Crippen LogP contribution in [0.4, 0.5) is 0 Å². The fourth-order valence-electron chi connectivity index (χ4n) is 0.271. The van der Waals surface area contributed by atoms with E-state index in [0.717, 1.165) is 6.92 Å². The number of carboxylic acids is 1. The maximum Gasteiger partial charge on any atom is 0.471 e. The smallest absolute Gasteiger partial charge is 0.471 e. The largest absolute Gasteiger partial charge is 0.478 e. The van der Waals surface area contributed by atoms with E-state index in [1.807, 2.05) is 0 Å². The van der Waals surface area contributed by atoms with Gasteiger partial charge in [-0.3, -0.25) is 4.52 Å². The minimum absolute atomic E-state index is 0.914. The van der Waals surface area contributed by atoms with Crippen molar-refractivity contribution in [3.05, 3.63) is 0 Å². The average molecular weight is 202 g/mol. The van der Waals surface area contributed by atoms with Gasteiger partial charge in [-0.05, 0) is 6.92 Å². The first-order chi connectivity index (χ1) is 4.65. The molecule has 0 bridgehead atoms. The van der Waals surface area contributed by atoms with Gasteiger partial charge < -0.3 is 14.9 Å². The van der Waals surface area contributed by atoms with Crippen LogP contribution in [0.2, 0.25) is 0 Å². The highest BCUT2D eigenvalue weighted by molar-refractivity contribution is 7.82. The second-order valence-electron chi connectivity index (χ2n) is 1.87. The zero-order chi connectivity index (χ0) is 9.28. The Balaban J connectivity index is 4.37. The van der Waals surface area contributed by atoms with E-state index in [1.54, 1.807) is 0 Å². The molecule has 0 heterocycles. The molecule has 1 atom stereocenters. The summed E-state index contributed by atoms with van der Waals surface area (Å²) in [6.45, 7) is 0.914. The Morgan fingerprint density at radius 2 is 2.00 bits per heavy atom. The second-order valence-corrected chi connectivity index (χ2v) is 3.89. The normalized spacial score (nSPS) is 17.5. The van der Waals surface area contributed by atoms with Gasteiger partial charge in [0.2, 0.25) is 4.93 Å². The summed E-state index contributed by atoms with van der Waals surface area (Å²) in [7, 11) is -4.80. The number of phosphoric acid groups is 1. The van der Waals surface area contributed by atoms with Gasteiger partial charge in [0, 0.05) is 0 Å². The average Bonchev–Trinajstić information content (AvgIpc) is 1.56. The topological polar surface area (TPSA) is 104 Å². The lowest BCUT2D eigenvalue weighted by molar-refractivity contribution is -0.147. The summed E-state index contributed by atoms with van der Waals surface area (Å²) in [6.07, 6.45) is 0. The molecule has 0 radical (unpaired) electrons. The number of aliphatic carboxylic acids is 1. The summed E-state index contributed by atoms with van der Waals surface area (Å²) in [5.41, 5.74) is 0. The van der Waals surface area contributed by atoms with Crippen molar-refractivity contribution in [2.45, 2.75) is 11.9 Å². The Morgan fingerprint density at radius 3 is 2.09 bits per heavy atom. The van der Waals surface area contributed by atoms with Crippen LogP contribution < -0.4 is 0 Å². The molecule has 0 aliphatic heterocycles. The predicted octanol–water partition coefficient (Wildman–Crippen LogP) is -0.174. The Kier molecular flexibility index (Phi) is 3.10. The molecule has 0 aromatic carbocycles. The van der Waals surface area contributed by atoms with Crippen LogP contribution in [-0.4, -0.2) is 25.8 Å². The third-order valence-corrected chi connectivity index (χ3v) is 1.72. The van der Waals surface area contributed by atoms with E-state index < -0.39 is 18.7 Å². The predicted molar refractivity (Wildman–Crippen MR) is 38.2 cm³/mol. The summed E-state index contributed by atoms with van der Waals surface area (Å²) < 4.78 is 13.9. The van der Waals surface area contributed by atoms with E-state index in [4.69, 9.17) is 14.9 Å². The molecule has 0 aliphatic carbocycles. The van der Waals surface area contributed by atoms with E-state index in [2.05, 4.69) is 17.2 Å². The number of phosphoric ester groups is 1. The summed E-state index contributed by atoms with van der Waals surface area (Å²) in [5, 5.41) is 8.26. The molecule has 0 aliphatic rings. The van der Waals surface area contributed by atoms with Gasteiger partial charge in [-0.25, -0.2) is 9.36 Å². The van der Waals surface area contributed by atoms with Crippen LogP contribution in [0.1, 0.15) is 6.92 Å². The summed E-state index contributed by atoms with van der Waals surface area (Å²) in [4.78, 5) is 24.3. The van der Waals surface area contributed by atoms with Crippen molar-refractivity contribution in [2.75, 3.05) is 0 Å². The number of hydrogen-bond acceptors (Lipinski definition) is 4. The van der Waals surface area contributed by atoms with Crippen molar-refractivity contribution in [3.63, 3.8) is 0 Å². The number of rotatable bonds is 3. The van der Waals surface area contributed by atoms with Crippen LogP contribution in [0, 0.1) is 0 Å². The van der Waals surface area contributed by atoms with E-state index in [-0.39, 0.29) is 0 Å². The molecule has 0 aromatic heterocycles. The molecule has 8 heteroatoms. The third kappa shape index (κ3) is 4.39. The molecule has 11 heavy (non-hydrogen) atoms. The zero-order valence-electron chi connectivity index (χ0n) is 5.46. The molecule has 0 aromatic rings. The minimum Gasteiger partial charge on any atom is -0.478 e. The maximum absolute atomic E-state index is 10.2. The van der Waals surface area contributed by atoms with Gasteiger partial charge >= 0.3 is 13.8 Å². The first-order valence-electron chi connectivity index (χ1n) is 2.37. The number of hydrogen-bond donors (Lipinski definition) is 4. The number of thiol groups is 1. The summed E-state index contributed by atoms with van der Waals surface area (Å²) in [5.74, 6) is -1.57. The van der Waals surface area contributed by atoms with Crippen LogP contribution in [0.15, 0.2) is 0 Å².